The molecule has 0 heterocycles. The standard InChI is InChI=1S/C10H16N2O8.Re/c1-7(13)17-11(18-8(2)14)5-6-12(19-9(3)15)20-10(4)16;/h5-6H2,1-4H3;. The van der Waals surface area contributed by atoms with Gasteiger partial charge in [-0.1, -0.05) is 0 Å². The molecular formula is C10H16N2O8Re. The molecule has 1 radical (unpaired) electrons. The molecule has 0 saturated carbocycles. The minimum Gasteiger partial charge on any atom is -0.333 e. The summed E-state index contributed by atoms with van der Waals surface area (Å²) < 4.78 is 0. The van der Waals surface area contributed by atoms with Gasteiger partial charge in [0.25, 0.3) is 0 Å². The summed E-state index contributed by atoms with van der Waals surface area (Å²) in [5.74, 6) is -2.90. The van der Waals surface area contributed by atoms with Crippen molar-refractivity contribution in [2.45, 2.75) is 27.7 Å². The largest absolute Gasteiger partial charge is 0.333 e. The van der Waals surface area contributed by atoms with Crippen LogP contribution >= 0.6 is 0 Å². The van der Waals surface area contributed by atoms with E-state index in [0.29, 0.717) is 10.5 Å². The molecule has 0 saturated heterocycles. The van der Waals surface area contributed by atoms with Gasteiger partial charge < -0.3 is 19.4 Å². The van der Waals surface area contributed by atoms with Crippen LogP contribution in [0, 0.1) is 0 Å². The maximum Gasteiger partial charge on any atom is 0.326 e. The van der Waals surface area contributed by atoms with Crippen molar-refractivity contribution in [3.63, 3.8) is 0 Å². The number of hydrogen-bond acceptors (Lipinski definition) is 10. The van der Waals surface area contributed by atoms with Gasteiger partial charge in [0.15, 0.2) is 0 Å². The van der Waals surface area contributed by atoms with Crippen molar-refractivity contribution >= 4 is 23.9 Å². The first kappa shape index (κ1) is 21.8. The molecule has 0 aliphatic heterocycles. The Kier molecular flexibility index (Phi) is 11.6. The van der Waals surface area contributed by atoms with Crippen LogP contribution in [0.4, 0.5) is 0 Å². The van der Waals surface area contributed by atoms with Crippen LogP contribution in [0.25, 0.3) is 0 Å². The molecular weight excluding hydrogens is 462 g/mol. The molecule has 10 nitrogen and oxygen atoms in total. The molecule has 0 aromatic heterocycles. The third-order valence-corrected chi connectivity index (χ3v) is 1.39. The Morgan fingerprint density at radius 3 is 0.952 bits per heavy atom. The van der Waals surface area contributed by atoms with Gasteiger partial charge in [-0.3, -0.25) is 19.2 Å². The van der Waals surface area contributed by atoms with E-state index in [1.54, 1.807) is 0 Å². The molecule has 0 amide bonds. The van der Waals surface area contributed by atoms with E-state index in [1.807, 2.05) is 0 Å². The smallest absolute Gasteiger partial charge is 0.326 e. The molecule has 0 aliphatic carbocycles. The summed E-state index contributed by atoms with van der Waals surface area (Å²) in [5.41, 5.74) is 0. The molecule has 11 heteroatoms. The Hall–Kier alpha value is -1.54. The summed E-state index contributed by atoms with van der Waals surface area (Å²) in [7, 11) is 0. The van der Waals surface area contributed by atoms with Crippen molar-refractivity contribution in [3.05, 3.63) is 0 Å². The predicted molar refractivity (Wildman–Crippen MR) is 60.5 cm³/mol. The first-order valence-corrected chi connectivity index (χ1v) is 5.50. The van der Waals surface area contributed by atoms with E-state index in [9.17, 15) is 19.2 Å². The van der Waals surface area contributed by atoms with E-state index < -0.39 is 23.9 Å². The second-order valence-electron chi connectivity index (χ2n) is 3.44. The molecule has 0 rings (SSSR count). The summed E-state index contributed by atoms with van der Waals surface area (Å²) in [6.07, 6.45) is 0. The topological polar surface area (TPSA) is 112 Å². The van der Waals surface area contributed by atoms with Gasteiger partial charge in [0.05, 0.1) is 13.1 Å². The number of carbonyl (C=O) groups is 4. The fourth-order valence-corrected chi connectivity index (χ4v) is 0.957. The van der Waals surface area contributed by atoms with E-state index in [1.165, 1.54) is 0 Å². The van der Waals surface area contributed by atoms with E-state index in [2.05, 4.69) is 19.4 Å². The zero-order chi connectivity index (χ0) is 15.7. The van der Waals surface area contributed by atoms with Crippen LogP contribution in [0.3, 0.4) is 0 Å². The van der Waals surface area contributed by atoms with Gasteiger partial charge in [0, 0.05) is 58.6 Å². The van der Waals surface area contributed by atoms with Crippen LogP contribution in [0.5, 0.6) is 0 Å². The molecule has 0 aliphatic rings. The summed E-state index contributed by atoms with van der Waals surface area (Å²) >= 11 is 0. The van der Waals surface area contributed by atoms with Gasteiger partial charge in [0.2, 0.25) is 0 Å². The number of hydrogen-bond donors (Lipinski definition) is 0. The van der Waals surface area contributed by atoms with Crippen molar-refractivity contribution in [1.82, 2.24) is 10.5 Å². The minimum atomic E-state index is -0.724. The average Bonchev–Trinajstić information content (AvgIpc) is 2.22. The SMILES string of the molecule is CC(=O)ON(CCN(OC(C)=O)OC(C)=O)OC(C)=O.[Re]. The summed E-state index contributed by atoms with van der Waals surface area (Å²) in [5, 5.41) is 1.15. The normalized spacial score (nSPS) is 9.62. The molecule has 0 fully saturated rings. The molecule has 21 heavy (non-hydrogen) atoms. The van der Waals surface area contributed by atoms with Crippen LogP contribution in [0.1, 0.15) is 27.7 Å². The summed E-state index contributed by atoms with van der Waals surface area (Å²) in [6, 6.07) is 0. The van der Waals surface area contributed by atoms with Crippen LogP contribution < -0.4 is 0 Å². The Morgan fingerprint density at radius 1 is 0.619 bits per heavy atom. The monoisotopic (exact) mass is 479 g/mol. The van der Waals surface area contributed by atoms with Crippen molar-refractivity contribution in [1.29, 1.82) is 0 Å². The number of nitrogens with zero attached hydrogens (tertiary/aromatic N) is 2. The maximum atomic E-state index is 10.8. The van der Waals surface area contributed by atoms with Crippen LogP contribution in [0.2, 0.25) is 0 Å². The molecule has 0 unspecified atom stereocenters. The molecule has 0 aromatic rings. The van der Waals surface area contributed by atoms with Gasteiger partial charge in [-0.2, -0.15) is 0 Å². The van der Waals surface area contributed by atoms with Crippen molar-refractivity contribution in [3.8, 4) is 0 Å². The fraction of sp³-hybridized carbons (Fsp3) is 0.600. The van der Waals surface area contributed by atoms with Crippen LogP contribution in [0.15, 0.2) is 0 Å². The molecule has 0 N–H and O–H groups in total. The number of carbonyl (C=O) groups excluding carboxylic acids is 4. The van der Waals surface area contributed by atoms with E-state index in [-0.39, 0.29) is 33.5 Å². The Morgan fingerprint density at radius 2 is 0.810 bits per heavy atom. The minimum absolute atomic E-state index is 0. The number of rotatable bonds is 7. The summed E-state index contributed by atoms with van der Waals surface area (Å²) in [4.78, 5) is 61.4. The predicted octanol–water partition coefficient (Wildman–Crippen LogP) is -0.500. The first-order valence-electron chi connectivity index (χ1n) is 5.50. The summed E-state index contributed by atoms with van der Waals surface area (Å²) in [6.45, 7) is 3.97. The molecule has 0 bridgehead atoms. The third kappa shape index (κ3) is 13.2. The van der Waals surface area contributed by atoms with Crippen LogP contribution in [-0.4, -0.2) is 47.4 Å². The van der Waals surface area contributed by atoms with Crippen molar-refractivity contribution < 1.29 is 59.0 Å². The zero-order valence-corrected chi connectivity index (χ0v) is 14.7. The zero-order valence-electron chi connectivity index (χ0n) is 12.0. The third-order valence-electron chi connectivity index (χ3n) is 1.39. The van der Waals surface area contributed by atoms with E-state index in [0.717, 1.165) is 27.7 Å². The quantitative estimate of drug-likeness (QED) is 0.444. The molecule has 0 atom stereocenters. The first-order chi connectivity index (χ1) is 9.20. The van der Waals surface area contributed by atoms with Gasteiger partial charge in [-0.05, 0) is 0 Å². The van der Waals surface area contributed by atoms with Gasteiger partial charge in [-0.15, -0.1) is 0 Å². The Bertz CT molecular complexity index is 321. The maximum absolute atomic E-state index is 10.8. The van der Waals surface area contributed by atoms with Gasteiger partial charge in [-0.25, -0.2) is 0 Å². The number of hydroxylamine groups is 4. The Balaban J connectivity index is 0. The molecule has 0 spiro atoms. The Labute approximate surface area is 134 Å². The molecule has 121 valence electrons. The van der Waals surface area contributed by atoms with Gasteiger partial charge in [0.1, 0.15) is 0 Å². The van der Waals surface area contributed by atoms with Gasteiger partial charge >= 0.3 is 23.9 Å². The van der Waals surface area contributed by atoms with Crippen LogP contribution in [-0.2, 0) is 59.0 Å². The average molecular weight is 478 g/mol. The van der Waals surface area contributed by atoms with Crippen molar-refractivity contribution in [2.24, 2.45) is 0 Å². The fourth-order valence-electron chi connectivity index (χ4n) is 0.957. The molecule has 0 aromatic carbocycles. The van der Waals surface area contributed by atoms with E-state index >= 15 is 0 Å². The van der Waals surface area contributed by atoms with E-state index in [4.69, 9.17) is 0 Å². The second kappa shape index (κ2) is 11.2. The van der Waals surface area contributed by atoms with Crippen molar-refractivity contribution in [2.75, 3.05) is 13.1 Å². The second-order valence-corrected chi connectivity index (χ2v) is 3.44.